The minimum Gasteiger partial charge on any atom is -0.286 e. The Bertz CT molecular complexity index is 379. The average molecular weight is 213 g/mol. The van der Waals surface area contributed by atoms with Crippen molar-refractivity contribution in [2.24, 2.45) is 0 Å². The Hall–Kier alpha value is -1.12. The molecule has 1 saturated heterocycles. The quantitative estimate of drug-likeness (QED) is 0.735. The van der Waals surface area contributed by atoms with Crippen molar-refractivity contribution in [1.82, 2.24) is 10.2 Å². The molecule has 3 rings (SSSR count). The number of nitrogens with zero attached hydrogens (tertiary/aromatic N) is 2. The molecule has 1 atom stereocenters. The highest BCUT2D eigenvalue weighted by atomic mass is 15.3. The summed E-state index contributed by atoms with van der Waals surface area (Å²) in [4.78, 5) is 2.48. The third-order valence-corrected chi connectivity index (χ3v) is 3.51. The molecule has 0 amide bonds. The van der Waals surface area contributed by atoms with E-state index in [1.165, 1.54) is 30.6 Å². The summed E-state index contributed by atoms with van der Waals surface area (Å²) in [6.07, 6.45) is 5.14. The molecule has 1 aromatic rings. The zero-order valence-electron chi connectivity index (χ0n) is 9.47. The Morgan fingerprint density at radius 2 is 1.94 bits per heavy atom. The second-order valence-electron chi connectivity index (χ2n) is 4.53. The lowest BCUT2D eigenvalue weighted by molar-refractivity contribution is 0.0955. The van der Waals surface area contributed by atoms with Crippen molar-refractivity contribution in [2.75, 3.05) is 19.6 Å². The molecule has 16 heavy (non-hydrogen) atoms. The van der Waals surface area contributed by atoms with Crippen LogP contribution in [-0.2, 0) is 0 Å². The molecule has 1 radical (unpaired) electrons. The van der Waals surface area contributed by atoms with Crippen LogP contribution in [0.25, 0.3) is 5.57 Å². The summed E-state index contributed by atoms with van der Waals surface area (Å²) in [6, 6.07) is 10.7. The number of hydrogen-bond donors (Lipinski definition) is 0. The Balaban J connectivity index is 1.74. The van der Waals surface area contributed by atoms with Crippen LogP contribution in [0.2, 0.25) is 0 Å². The molecule has 0 bridgehead atoms. The molecule has 2 heteroatoms. The van der Waals surface area contributed by atoms with Crippen molar-refractivity contribution in [3.8, 4) is 0 Å². The monoisotopic (exact) mass is 213 g/mol. The van der Waals surface area contributed by atoms with E-state index in [9.17, 15) is 0 Å². The van der Waals surface area contributed by atoms with E-state index in [1.54, 1.807) is 0 Å². The summed E-state index contributed by atoms with van der Waals surface area (Å²) < 4.78 is 0. The Labute approximate surface area is 97.0 Å². The first-order valence-electron chi connectivity index (χ1n) is 6.08. The van der Waals surface area contributed by atoms with Crippen LogP contribution in [0.4, 0.5) is 0 Å². The van der Waals surface area contributed by atoms with Crippen molar-refractivity contribution in [3.63, 3.8) is 0 Å². The Morgan fingerprint density at radius 1 is 1.12 bits per heavy atom. The van der Waals surface area contributed by atoms with E-state index in [0.29, 0.717) is 6.17 Å². The van der Waals surface area contributed by atoms with Crippen LogP contribution in [0, 0.1) is 0 Å². The topological polar surface area (TPSA) is 17.3 Å². The summed E-state index contributed by atoms with van der Waals surface area (Å²) in [5.74, 6) is 0. The van der Waals surface area contributed by atoms with Gasteiger partial charge in [0.1, 0.15) is 0 Å². The lowest BCUT2D eigenvalue weighted by Crippen LogP contribution is -2.50. The fraction of sp³-hybridized carbons (Fsp3) is 0.429. The van der Waals surface area contributed by atoms with E-state index in [0.717, 1.165) is 13.0 Å². The SMILES string of the molecule is C1=C(c2ccccc2)CC(N2CCC2)[N]C1. The van der Waals surface area contributed by atoms with Gasteiger partial charge in [0.25, 0.3) is 0 Å². The van der Waals surface area contributed by atoms with Gasteiger partial charge >= 0.3 is 0 Å². The number of rotatable bonds is 2. The zero-order valence-corrected chi connectivity index (χ0v) is 9.47. The largest absolute Gasteiger partial charge is 0.286 e. The van der Waals surface area contributed by atoms with Gasteiger partial charge in [-0.05, 0) is 17.6 Å². The van der Waals surface area contributed by atoms with Gasteiger partial charge in [-0.1, -0.05) is 36.4 Å². The van der Waals surface area contributed by atoms with Gasteiger partial charge in [-0.3, -0.25) is 4.90 Å². The van der Waals surface area contributed by atoms with E-state index < -0.39 is 0 Å². The number of hydrogen-bond acceptors (Lipinski definition) is 1. The molecule has 1 fully saturated rings. The van der Waals surface area contributed by atoms with Gasteiger partial charge in [0.2, 0.25) is 0 Å². The van der Waals surface area contributed by atoms with Gasteiger partial charge in [0.15, 0.2) is 0 Å². The lowest BCUT2D eigenvalue weighted by atomic mass is 9.97. The van der Waals surface area contributed by atoms with Crippen molar-refractivity contribution in [2.45, 2.75) is 19.0 Å². The summed E-state index contributed by atoms with van der Waals surface area (Å²) >= 11 is 0. The predicted octanol–water partition coefficient (Wildman–Crippen LogP) is 2.11. The minimum absolute atomic E-state index is 0.439. The van der Waals surface area contributed by atoms with Crippen LogP contribution in [0.1, 0.15) is 18.4 Å². The van der Waals surface area contributed by atoms with E-state index in [-0.39, 0.29) is 0 Å². The molecular weight excluding hydrogens is 196 g/mol. The molecule has 0 aromatic heterocycles. The van der Waals surface area contributed by atoms with E-state index in [1.807, 2.05) is 0 Å². The first-order valence-corrected chi connectivity index (χ1v) is 6.08. The van der Waals surface area contributed by atoms with E-state index in [2.05, 4.69) is 46.6 Å². The molecule has 0 saturated carbocycles. The third kappa shape index (κ3) is 1.91. The third-order valence-electron chi connectivity index (χ3n) is 3.51. The highest BCUT2D eigenvalue weighted by molar-refractivity contribution is 5.66. The average Bonchev–Trinajstić information content (AvgIpc) is 2.28. The van der Waals surface area contributed by atoms with Crippen molar-refractivity contribution in [1.29, 1.82) is 0 Å². The van der Waals surface area contributed by atoms with Crippen molar-refractivity contribution >= 4 is 5.57 Å². The fourth-order valence-corrected chi connectivity index (χ4v) is 2.40. The summed E-state index contributed by atoms with van der Waals surface area (Å²) in [7, 11) is 0. The van der Waals surface area contributed by atoms with Gasteiger partial charge in [0.05, 0.1) is 6.17 Å². The summed E-state index contributed by atoms with van der Waals surface area (Å²) in [5, 5.41) is 4.68. The second-order valence-corrected chi connectivity index (χ2v) is 4.53. The Kier molecular flexibility index (Phi) is 2.77. The van der Waals surface area contributed by atoms with Crippen molar-refractivity contribution < 1.29 is 0 Å². The maximum atomic E-state index is 4.68. The highest BCUT2D eigenvalue weighted by Gasteiger charge is 2.27. The van der Waals surface area contributed by atoms with E-state index >= 15 is 0 Å². The Morgan fingerprint density at radius 3 is 2.62 bits per heavy atom. The fourth-order valence-electron chi connectivity index (χ4n) is 2.40. The van der Waals surface area contributed by atoms with Gasteiger partial charge in [-0.25, -0.2) is 5.32 Å². The molecule has 83 valence electrons. The molecule has 1 unspecified atom stereocenters. The molecule has 2 aliphatic rings. The predicted molar refractivity (Wildman–Crippen MR) is 66.0 cm³/mol. The van der Waals surface area contributed by atoms with Crippen LogP contribution < -0.4 is 5.32 Å². The molecule has 2 heterocycles. The van der Waals surface area contributed by atoms with Crippen LogP contribution in [0.5, 0.6) is 0 Å². The highest BCUT2D eigenvalue weighted by Crippen LogP contribution is 2.26. The first kappa shape index (κ1) is 10.1. The zero-order chi connectivity index (χ0) is 10.8. The van der Waals surface area contributed by atoms with Gasteiger partial charge in [0, 0.05) is 26.1 Å². The standard InChI is InChI=1S/C14H17N2/c1-2-5-12(6-3-1)13-7-8-15-14(11-13)16-9-4-10-16/h1-3,5-7,14H,4,8-11H2. The smallest absolute Gasteiger partial charge is 0.0805 e. The molecule has 0 N–H and O–H groups in total. The molecule has 0 aliphatic carbocycles. The van der Waals surface area contributed by atoms with Crippen LogP contribution >= 0.6 is 0 Å². The van der Waals surface area contributed by atoms with Gasteiger partial charge in [-0.2, -0.15) is 0 Å². The first-order chi connectivity index (χ1) is 7.93. The second kappa shape index (κ2) is 4.40. The van der Waals surface area contributed by atoms with Gasteiger partial charge in [-0.15, -0.1) is 0 Å². The maximum Gasteiger partial charge on any atom is 0.0805 e. The van der Waals surface area contributed by atoms with Crippen LogP contribution in [-0.4, -0.2) is 30.7 Å². The number of likely N-dealkylation sites (tertiary alicyclic amines) is 1. The summed E-state index contributed by atoms with van der Waals surface area (Å²) in [5.41, 5.74) is 2.83. The molecule has 0 spiro atoms. The minimum atomic E-state index is 0.439. The van der Waals surface area contributed by atoms with Crippen LogP contribution in [0.15, 0.2) is 36.4 Å². The molecule has 2 aliphatic heterocycles. The normalized spacial score (nSPS) is 26.0. The van der Waals surface area contributed by atoms with Gasteiger partial charge < -0.3 is 0 Å². The lowest BCUT2D eigenvalue weighted by Gasteiger charge is -2.39. The van der Waals surface area contributed by atoms with Crippen molar-refractivity contribution in [3.05, 3.63) is 42.0 Å². The van der Waals surface area contributed by atoms with Crippen LogP contribution in [0.3, 0.4) is 0 Å². The van der Waals surface area contributed by atoms with E-state index in [4.69, 9.17) is 0 Å². The maximum absolute atomic E-state index is 4.68. The molecule has 1 aromatic carbocycles. The number of benzene rings is 1. The summed E-state index contributed by atoms with van der Waals surface area (Å²) in [6.45, 7) is 3.35. The molecule has 2 nitrogen and oxygen atoms in total. The molecular formula is C14H17N2.